The van der Waals surface area contributed by atoms with Crippen molar-refractivity contribution in [3.63, 3.8) is 0 Å². The van der Waals surface area contributed by atoms with Crippen LogP contribution in [0.3, 0.4) is 0 Å². The number of rotatable bonds is 3. The van der Waals surface area contributed by atoms with Gasteiger partial charge in [-0.1, -0.05) is 0 Å². The number of aliphatic carboxylic acids is 1. The molecule has 0 aliphatic carbocycles. The number of anilines is 1. The van der Waals surface area contributed by atoms with E-state index in [-0.39, 0.29) is 5.92 Å². The molecule has 0 spiro atoms. The van der Waals surface area contributed by atoms with Gasteiger partial charge in [-0.3, -0.25) is 4.79 Å². The lowest BCUT2D eigenvalue weighted by atomic mass is 9.97. The van der Waals surface area contributed by atoms with E-state index in [1.165, 1.54) is 0 Å². The molecule has 2 heterocycles. The monoisotopic (exact) mass is 265 g/mol. The van der Waals surface area contributed by atoms with Gasteiger partial charge < -0.3 is 14.7 Å². The lowest BCUT2D eigenvalue weighted by Gasteiger charge is -2.32. The molecule has 19 heavy (non-hydrogen) atoms. The molecule has 0 atom stereocenters. The van der Waals surface area contributed by atoms with E-state index in [2.05, 4.69) is 14.9 Å². The van der Waals surface area contributed by atoms with Gasteiger partial charge >= 0.3 is 5.97 Å². The number of carbonyl (C=O) groups is 1. The van der Waals surface area contributed by atoms with Crippen molar-refractivity contribution >= 4 is 11.8 Å². The summed E-state index contributed by atoms with van der Waals surface area (Å²) in [5.41, 5.74) is 0.905. The van der Waals surface area contributed by atoms with E-state index in [0.717, 1.165) is 11.4 Å². The average molecular weight is 265 g/mol. The Morgan fingerprint density at radius 3 is 2.47 bits per heavy atom. The topological polar surface area (TPSA) is 75.6 Å². The molecule has 0 saturated carbocycles. The number of carboxylic acid groups (broad SMARTS) is 1. The Hall–Kier alpha value is -1.85. The van der Waals surface area contributed by atoms with Gasteiger partial charge in [0.2, 0.25) is 5.88 Å². The van der Waals surface area contributed by atoms with E-state index in [9.17, 15) is 4.79 Å². The molecule has 0 bridgehead atoms. The van der Waals surface area contributed by atoms with Crippen molar-refractivity contribution in [2.45, 2.75) is 26.7 Å². The fraction of sp³-hybridized carbons (Fsp3) is 0.615. The van der Waals surface area contributed by atoms with Crippen molar-refractivity contribution in [3.05, 3.63) is 11.4 Å². The van der Waals surface area contributed by atoms with Crippen LogP contribution < -0.4 is 9.64 Å². The van der Waals surface area contributed by atoms with Crippen molar-refractivity contribution < 1.29 is 14.6 Å². The van der Waals surface area contributed by atoms with Crippen LogP contribution in [0, 0.1) is 19.8 Å². The van der Waals surface area contributed by atoms with Crippen LogP contribution in [0.4, 0.5) is 5.82 Å². The normalized spacial score (nSPS) is 16.5. The Kier molecular flexibility index (Phi) is 3.87. The number of aryl methyl sites for hydroxylation is 1. The number of methoxy groups -OCH3 is 1. The van der Waals surface area contributed by atoms with Crippen molar-refractivity contribution in [2.75, 3.05) is 25.1 Å². The summed E-state index contributed by atoms with van der Waals surface area (Å²) in [5.74, 6) is 1.17. The van der Waals surface area contributed by atoms with Gasteiger partial charge in [0.1, 0.15) is 11.6 Å². The first kappa shape index (κ1) is 13.6. The van der Waals surface area contributed by atoms with E-state index in [4.69, 9.17) is 9.84 Å². The summed E-state index contributed by atoms with van der Waals surface area (Å²) < 4.78 is 5.24. The molecular weight excluding hydrogens is 246 g/mol. The van der Waals surface area contributed by atoms with Crippen LogP contribution in [0.2, 0.25) is 0 Å². The van der Waals surface area contributed by atoms with Crippen LogP contribution in [-0.4, -0.2) is 41.2 Å². The number of aromatic nitrogens is 2. The summed E-state index contributed by atoms with van der Waals surface area (Å²) in [7, 11) is 1.59. The highest BCUT2D eigenvalue weighted by Crippen LogP contribution is 2.28. The van der Waals surface area contributed by atoms with Crippen LogP contribution in [0.5, 0.6) is 5.88 Å². The van der Waals surface area contributed by atoms with E-state index >= 15 is 0 Å². The largest absolute Gasteiger partial charge is 0.481 e. The molecule has 0 aromatic carbocycles. The third kappa shape index (κ3) is 2.77. The molecule has 6 nitrogen and oxygen atoms in total. The van der Waals surface area contributed by atoms with Gasteiger partial charge in [0, 0.05) is 13.1 Å². The van der Waals surface area contributed by atoms with Gasteiger partial charge in [-0.05, 0) is 26.7 Å². The van der Waals surface area contributed by atoms with E-state index in [0.29, 0.717) is 37.6 Å². The molecule has 0 unspecified atom stereocenters. The van der Waals surface area contributed by atoms with Gasteiger partial charge in [-0.15, -0.1) is 0 Å². The second-order valence-corrected chi connectivity index (χ2v) is 4.83. The Morgan fingerprint density at radius 1 is 1.32 bits per heavy atom. The Morgan fingerprint density at radius 2 is 1.95 bits per heavy atom. The summed E-state index contributed by atoms with van der Waals surface area (Å²) in [6.45, 7) is 5.17. The fourth-order valence-corrected chi connectivity index (χ4v) is 2.43. The predicted molar refractivity (Wildman–Crippen MR) is 70.6 cm³/mol. The van der Waals surface area contributed by atoms with Crippen molar-refractivity contribution in [1.82, 2.24) is 9.97 Å². The molecule has 1 aliphatic rings. The molecule has 6 heteroatoms. The molecule has 1 N–H and O–H groups in total. The number of hydrogen-bond acceptors (Lipinski definition) is 5. The van der Waals surface area contributed by atoms with Gasteiger partial charge in [0.25, 0.3) is 0 Å². The number of piperidine rings is 1. The molecule has 104 valence electrons. The molecule has 1 aromatic heterocycles. The second kappa shape index (κ2) is 5.42. The molecule has 1 saturated heterocycles. The third-order valence-corrected chi connectivity index (χ3v) is 3.52. The molecule has 0 amide bonds. The van der Waals surface area contributed by atoms with Gasteiger partial charge in [0.15, 0.2) is 0 Å². The Balaban J connectivity index is 2.20. The maximum absolute atomic E-state index is 11.0. The van der Waals surface area contributed by atoms with Crippen LogP contribution in [0.15, 0.2) is 0 Å². The molecular formula is C13H19N3O3. The predicted octanol–water partition coefficient (Wildman–Crippen LogP) is 1.40. The number of carboxylic acids is 1. The SMILES string of the molecule is COc1nc(C)nc(N2CCC(C(=O)O)CC2)c1C. The summed E-state index contributed by atoms with van der Waals surface area (Å²) in [5, 5.41) is 9.01. The molecule has 0 radical (unpaired) electrons. The first-order chi connectivity index (χ1) is 9.02. The number of nitrogens with zero attached hydrogens (tertiary/aromatic N) is 3. The van der Waals surface area contributed by atoms with Crippen LogP contribution in [0.1, 0.15) is 24.2 Å². The Labute approximate surface area is 112 Å². The van der Waals surface area contributed by atoms with Crippen LogP contribution in [-0.2, 0) is 4.79 Å². The molecule has 2 rings (SSSR count). The highest BCUT2D eigenvalue weighted by atomic mass is 16.5. The fourth-order valence-electron chi connectivity index (χ4n) is 2.43. The zero-order valence-corrected chi connectivity index (χ0v) is 11.5. The van der Waals surface area contributed by atoms with Gasteiger partial charge in [0.05, 0.1) is 18.6 Å². The van der Waals surface area contributed by atoms with Crippen molar-refractivity contribution in [2.24, 2.45) is 5.92 Å². The highest BCUT2D eigenvalue weighted by Gasteiger charge is 2.26. The Bertz CT molecular complexity index is 482. The number of hydrogen-bond donors (Lipinski definition) is 1. The van der Waals surface area contributed by atoms with Gasteiger partial charge in [-0.2, -0.15) is 4.98 Å². The van der Waals surface area contributed by atoms with Crippen molar-refractivity contribution in [1.29, 1.82) is 0 Å². The standard InChI is InChI=1S/C13H19N3O3/c1-8-11(14-9(2)15-12(8)19-3)16-6-4-10(5-7-16)13(17)18/h10H,4-7H2,1-3H3,(H,17,18). The maximum atomic E-state index is 11.0. The quantitative estimate of drug-likeness (QED) is 0.890. The number of ether oxygens (including phenoxy) is 1. The molecule has 1 aromatic rings. The minimum atomic E-state index is -0.701. The molecule has 1 fully saturated rings. The summed E-state index contributed by atoms with van der Waals surface area (Å²) >= 11 is 0. The van der Waals surface area contributed by atoms with E-state index < -0.39 is 5.97 Å². The van der Waals surface area contributed by atoms with Crippen LogP contribution in [0.25, 0.3) is 0 Å². The summed E-state index contributed by atoms with van der Waals surface area (Å²) in [6, 6.07) is 0. The minimum absolute atomic E-state index is 0.235. The lowest BCUT2D eigenvalue weighted by molar-refractivity contribution is -0.142. The summed E-state index contributed by atoms with van der Waals surface area (Å²) in [6.07, 6.45) is 1.31. The zero-order chi connectivity index (χ0) is 14.0. The van der Waals surface area contributed by atoms with E-state index in [1.54, 1.807) is 7.11 Å². The average Bonchev–Trinajstić information content (AvgIpc) is 2.41. The zero-order valence-electron chi connectivity index (χ0n) is 11.5. The maximum Gasteiger partial charge on any atom is 0.306 e. The second-order valence-electron chi connectivity index (χ2n) is 4.83. The first-order valence-corrected chi connectivity index (χ1v) is 6.40. The van der Waals surface area contributed by atoms with Gasteiger partial charge in [-0.25, -0.2) is 4.98 Å². The third-order valence-electron chi connectivity index (χ3n) is 3.52. The smallest absolute Gasteiger partial charge is 0.306 e. The first-order valence-electron chi connectivity index (χ1n) is 6.40. The minimum Gasteiger partial charge on any atom is -0.481 e. The molecule has 1 aliphatic heterocycles. The van der Waals surface area contributed by atoms with Crippen LogP contribution >= 0.6 is 0 Å². The lowest BCUT2D eigenvalue weighted by Crippen LogP contribution is -2.37. The summed E-state index contributed by atoms with van der Waals surface area (Å²) in [4.78, 5) is 21.8. The van der Waals surface area contributed by atoms with Crippen molar-refractivity contribution in [3.8, 4) is 5.88 Å². The highest BCUT2D eigenvalue weighted by molar-refractivity contribution is 5.70. The van der Waals surface area contributed by atoms with E-state index in [1.807, 2.05) is 13.8 Å².